The van der Waals surface area contributed by atoms with Crippen LogP contribution in [0.1, 0.15) is 130 Å². The minimum absolute atomic E-state index is 0.0299. The highest BCUT2D eigenvalue weighted by molar-refractivity contribution is 5.98. The SMILES string of the molecule is CC(C)C[C@H](NC(=O)[C@H](COC(C)(C)C)NC(=O)Nc1ccc(NC(=O)[C@H](CCC(=O)OC(C)(C)C)NC(=O)OC(C)(C)C)cc1)C(=O)N[C@H](C(=O)OC(C)(C)C)C(C)C. The molecule has 0 saturated heterocycles. The first kappa shape index (κ1) is 53.1. The van der Waals surface area contributed by atoms with Crippen molar-refractivity contribution in [1.29, 1.82) is 0 Å². The Hall–Kier alpha value is -4.93. The molecule has 6 N–H and O–H groups in total. The van der Waals surface area contributed by atoms with E-state index in [4.69, 9.17) is 18.9 Å². The Bertz CT molecular complexity index is 1620. The highest BCUT2D eigenvalue weighted by Gasteiger charge is 2.34. The summed E-state index contributed by atoms with van der Waals surface area (Å²) in [6, 6.07) is 0.855. The molecule has 1 aromatic carbocycles. The van der Waals surface area contributed by atoms with Crippen molar-refractivity contribution in [2.45, 2.75) is 177 Å². The van der Waals surface area contributed by atoms with Crippen molar-refractivity contribution in [2.75, 3.05) is 17.2 Å². The Kier molecular flexibility index (Phi) is 20.0. The summed E-state index contributed by atoms with van der Waals surface area (Å²) < 4.78 is 22.0. The molecule has 340 valence electrons. The fourth-order valence-corrected chi connectivity index (χ4v) is 5.17. The van der Waals surface area contributed by atoms with Crippen molar-refractivity contribution >= 4 is 53.2 Å². The molecule has 0 heterocycles. The molecular weight excluding hydrogens is 777 g/mol. The van der Waals surface area contributed by atoms with E-state index in [0.29, 0.717) is 11.4 Å². The Morgan fingerprint density at radius 2 is 1.05 bits per heavy atom. The van der Waals surface area contributed by atoms with Crippen LogP contribution >= 0.6 is 0 Å². The molecule has 6 amide bonds. The van der Waals surface area contributed by atoms with E-state index in [-0.39, 0.29) is 37.7 Å². The van der Waals surface area contributed by atoms with E-state index in [1.165, 1.54) is 24.3 Å². The van der Waals surface area contributed by atoms with E-state index in [1.54, 1.807) is 96.9 Å². The molecule has 0 radical (unpaired) electrons. The summed E-state index contributed by atoms with van der Waals surface area (Å²) in [4.78, 5) is 91.9. The van der Waals surface area contributed by atoms with E-state index in [9.17, 15) is 33.6 Å². The lowest BCUT2D eigenvalue weighted by Gasteiger charge is -2.29. The van der Waals surface area contributed by atoms with Crippen LogP contribution < -0.4 is 31.9 Å². The molecule has 0 bridgehead atoms. The Balaban J connectivity index is 3.16. The van der Waals surface area contributed by atoms with E-state index >= 15 is 0 Å². The van der Waals surface area contributed by atoms with Gasteiger partial charge in [0, 0.05) is 17.8 Å². The standard InChI is InChI=1S/C43H72N6O11/c1-25(2)23-30(35(52)49-33(26(3)4)37(54)59-42(11,12)13)46-36(53)31(24-57-40(5,6)7)47-38(55)45-28-19-17-27(18-20-28)44-34(51)29(48-39(56)60-43(14,15)16)21-22-32(50)58-41(8,9)10/h17-20,25-26,29-31,33H,21-24H2,1-16H3,(H,44,51)(H,46,53)(H,48,56)(H,49,52)(H2,45,47,55)/t29-,30-,31-,33-/m0/s1. The number of alkyl carbamates (subject to hydrolysis) is 1. The quantitative estimate of drug-likeness (QED) is 0.0746. The van der Waals surface area contributed by atoms with Gasteiger partial charge in [-0.05, 0) is 132 Å². The van der Waals surface area contributed by atoms with Gasteiger partial charge in [0.1, 0.15) is 41.0 Å². The number of amides is 6. The molecule has 0 aliphatic carbocycles. The number of carbonyl (C=O) groups excluding carboxylic acids is 7. The Labute approximate surface area is 356 Å². The molecule has 4 atom stereocenters. The Morgan fingerprint density at radius 3 is 1.52 bits per heavy atom. The maximum atomic E-state index is 13.8. The molecule has 0 fully saturated rings. The molecule has 0 unspecified atom stereocenters. The number of hydrogen-bond acceptors (Lipinski definition) is 11. The number of nitrogens with one attached hydrogen (secondary N) is 6. The van der Waals surface area contributed by atoms with Gasteiger partial charge in [-0.3, -0.25) is 19.2 Å². The second kappa shape index (κ2) is 22.6. The molecule has 1 aromatic rings. The van der Waals surface area contributed by atoms with Crippen molar-refractivity contribution in [2.24, 2.45) is 11.8 Å². The summed E-state index contributed by atoms with van der Waals surface area (Å²) in [6.07, 6.45) is -0.823. The number of anilines is 2. The van der Waals surface area contributed by atoms with Gasteiger partial charge >= 0.3 is 24.1 Å². The number of carbonyl (C=O) groups is 7. The third kappa shape index (κ3) is 23.0. The van der Waals surface area contributed by atoms with Crippen LogP contribution in [0.25, 0.3) is 0 Å². The lowest BCUT2D eigenvalue weighted by Crippen LogP contribution is -2.58. The molecule has 0 aliphatic rings. The molecule has 0 aromatic heterocycles. The number of hydrogen-bond donors (Lipinski definition) is 6. The summed E-state index contributed by atoms with van der Waals surface area (Å²) >= 11 is 0. The zero-order valence-corrected chi connectivity index (χ0v) is 38.6. The second-order valence-electron chi connectivity index (χ2n) is 19.4. The molecule has 0 saturated carbocycles. The zero-order valence-electron chi connectivity index (χ0n) is 38.6. The number of urea groups is 1. The Morgan fingerprint density at radius 1 is 0.550 bits per heavy atom. The first-order chi connectivity index (χ1) is 27.2. The average Bonchev–Trinajstić information content (AvgIpc) is 3.04. The molecule has 0 aliphatic heterocycles. The van der Waals surface area contributed by atoms with Crippen molar-refractivity contribution in [3.63, 3.8) is 0 Å². The number of esters is 2. The monoisotopic (exact) mass is 849 g/mol. The van der Waals surface area contributed by atoms with Gasteiger partial charge in [-0.15, -0.1) is 0 Å². The lowest BCUT2D eigenvalue weighted by molar-refractivity contribution is -0.160. The largest absolute Gasteiger partial charge is 0.460 e. The first-order valence-electron chi connectivity index (χ1n) is 20.4. The first-order valence-corrected chi connectivity index (χ1v) is 20.4. The number of benzene rings is 1. The highest BCUT2D eigenvalue weighted by atomic mass is 16.6. The van der Waals surface area contributed by atoms with Gasteiger partial charge in [-0.2, -0.15) is 0 Å². The van der Waals surface area contributed by atoms with Gasteiger partial charge in [0.05, 0.1) is 12.2 Å². The minimum atomic E-state index is -1.24. The fourth-order valence-electron chi connectivity index (χ4n) is 5.17. The van der Waals surface area contributed by atoms with E-state index in [0.717, 1.165) is 0 Å². The van der Waals surface area contributed by atoms with E-state index in [1.807, 2.05) is 13.8 Å². The molecule has 0 spiro atoms. The summed E-state index contributed by atoms with van der Waals surface area (Å²) in [5.41, 5.74) is -2.40. The number of rotatable bonds is 18. The van der Waals surface area contributed by atoms with Crippen molar-refractivity contribution < 1.29 is 52.5 Å². The zero-order chi connectivity index (χ0) is 46.4. The van der Waals surface area contributed by atoms with Crippen LogP contribution in [-0.4, -0.2) is 95.0 Å². The van der Waals surface area contributed by atoms with Gasteiger partial charge in [0.25, 0.3) is 0 Å². The predicted molar refractivity (Wildman–Crippen MR) is 229 cm³/mol. The van der Waals surface area contributed by atoms with E-state index < -0.39 is 88.4 Å². The third-order valence-corrected chi connectivity index (χ3v) is 7.74. The predicted octanol–water partition coefficient (Wildman–Crippen LogP) is 5.96. The maximum absolute atomic E-state index is 13.8. The van der Waals surface area contributed by atoms with Crippen molar-refractivity contribution in [1.82, 2.24) is 21.3 Å². The molecule has 17 nitrogen and oxygen atoms in total. The molecule has 17 heteroatoms. The van der Waals surface area contributed by atoms with Crippen molar-refractivity contribution in [3.05, 3.63) is 24.3 Å². The van der Waals surface area contributed by atoms with Crippen LogP contribution in [0.3, 0.4) is 0 Å². The van der Waals surface area contributed by atoms with Gasteiger partial charge in [-0.25, -0.2) is 14.4 Å². The van der Waals surface area contributed by atoms with Crippen LogP contribution in [0.2, 0.25) is 0 Å². The average molecular weight is 849 g/mol. The summed E-state index contributed by atoms with van der Waals surface area (Å²) in [5, 5.41) is 16.0. The smallest absolute Gasteiger partial charge is 0.408 e. The minimum Gasteiger partial charge on any atom is -0.460 e. The van der Waals surface area contributed by atoms with Crippen LogP contribution in [0.5, 0.6) is 0 Å². The molecule has 1 rings (SSSR count). The summed E-state index contributed by atoms with van der Waals surface area (Å²) in [5.74, 6) is -3.36. The van der Waals surface area contributed by atoms with E-state index in [2.05, 4.69) is 31.9 Å². The second-order valence-corrected chi connectivity index (χ2v) is 19.4. The normalized spacial score (nSPS) is 14.2. The summed E-state index contributed by atoms with van der Waals surface area (Å²) in [7, 11) is 0. The van der Waals surface area contributed by atoms with Crippen molar-refractivity contribution in [3.8, 4) is 0 Å². The molecule has 60 heavy (non-hydrogen) atoms. The number of ether oxygens (including phenoxy) is 4. The highest BCUT2D eigenvalue weighted by Crippen LogP contribution is 2.18. The summed E-state index contributed by atoms with van der Waals surface area (Å²) in [6.45, 7) is 27.8. The lowest BCUT2D eigenvalue weighted by atomic mass is 10.00. The molecular formula is C43H72N6O11. The van der Waals surface area contributed by atoms with Gasteiger partial charge in [-0.1, -0.05) is 27.7 Å². The van der Waals surface area contributed by atoms with Crippen LogP contribution in [-0.2, 0) is 42.9 Å². The maximum Gasteiger partial charge on any atom is 0.408 e. The third-order valence-electron chi connectivity index (χ3n) is 7.74. The topological polar surface area (TPSA) is 229 Å². The fraction of sp³-hybridized carbons (Fsp3) is 0.698. The van der Waals surface area contributed by atoms with Gasteiger partial charge in [0.2, 0.25) is 17.7 Å². The van der Waals surface area contributed by atoms with Crippen LogP contribution in [0.15, 0.2) is 24.3 Å². The van der Waals surface area contributed by atoms with Crippen LogP contribution in [0, 0.1) is 11.8 Å². The van der Waals surface area contributed by atoms with Gasteiger partial charge < -0.3 is 50.8 Å². The van der Waals surface area contributed by atoms with Crippen LogP contribution in [0.4, 0.5) is 21.0 Å². The van der Waals surface area contributed by atoms with Gasteiger partial charge in [0.15, 0.2) is 0 Å².